The molecule has 0 fully saturated rings. The summed E-state index contributed by atoms with van der Waals surface area (Å²) in [4.78, 5) is 51.4. The molecule has 0 bridgehead atoms. The number of rotatable bonds is 20. The van der Waals surface area contributed by atoms with Gasteiger partial charge in [0.15, 0.2) is 13.2 Å². The van der Waals surface area contributed by atoms with Crippen LogP contribution in [0.1, 0.15) is 38.8 Å². The number of halogens is 4. The highest BCUT2D eigenvalue weighted by Gasteiger charge is 2.37. The first-order valence-electron chi connectivity index (χ1n) is 16.6. The molecule has 0 heterocycles. The number of amides is 2. The number of carbonyl (C=O) groups is 4. The third kappa shape index (κ3) is 14.8. The molecule has 0 aliphatic carbocycles. The molecule has 12 nitrogen and oxygen atoms in total. The lowest BCUT2D eigenvalue weighted by molar-refractivity contribution is -0.853. The molecule has 16 heteroatoms. The minimum atomic E-state index is -1.16. The lowest BCUT2D eigenvalue weighted by Gasteiger charge is -2.35. The second-order valence-electron chi connectivity index (χ2n) is 12.0. The van der Waals surface area contributed by atoms with E-state index in [4.69, 9.17) is 42.1 Å². The van der Waals surface area contributed by atoms with Crippen molar-refractivity contribution in [2.45, 2.75) is 53.8 Å². The van der Waals surface area contributed by atoms with Gasteiger partial charge in [-0.2, -0.15) is 0 Å². The fraction of sp³-hybridized carbons (Fsp3) is 0.500. The zero-order valence-corrected chi connectivity index (χ0v) is 33.4. The first-order chi connectivity index (χ1) is 23.6. The highest BCUT2D eigenvalue weighted by molar-refractivity contribution is 6.31. The number of hydrogen-bond acceptors (Lipinski definition) is 10. The molecule has 0 aromatic heterocycles. The van der Waals surface area contributed by atoms with Crippen LogP contribution >= 0.6 is 23.2 Å². The SMILES string of the molecule is CC[N+](CC)(CC(O)COC(=O)COc1ccc(Cl)c(C)c1)C(=O)/C=C\C(=O)[N+](CC)(CC)CC(O)COC(=O)COc1ccc(Cl)c(C)c1.[Cl-].[Cl-]. The highest BCUT2D eigenvalue weighted by atomic mass is 35.5. The normalized spacial score (nSPS) is 12.6. The second kappa shape index (κ2) is 23.7. The zero-order valence-electron chi connectivity index (χ0n) is 30.4. The summed E-state index contributed by atoms with van der Waals surface area (Å²) in [5.41, 5.74) is 1.58. The van der Waals surface area contributed by atoms with Crippen LogP contribution in [0.2, 0.25) is 10.0 Å². The Morgan fingerprint density at radius 2 is 0.981 bits per heavy atom. The number of nitrogens with zero attached hydrogens (tertiary/aromatic N) is 2. The van der Waals surface area contributed by atoms with Gasteiger partial charge in [-0.1, -0.05) is 23.2 Å². The lowest BCUT2D eigenvalue weighted by atomic mass is 10.2. The van der Waals surface area contributed by atoms with Crippen molar-refractivity contribution in [1.29, 1.82) is 0 Å². The first-order valence-corrected chi connectivity index (χ1v) is 17.3. The van der Waals surface area contributed by atoms with E-state index in [1.54, 1.807) is 77.9 Å². The summed E-state index contributed by atoms with van der Waals surface area (Å²) in [6.45, 7) is 10.5. The van der Waals surface area contributed by atoms with Crippen molar-refractivity contribution in [1.82, 2.24) is 0 Å². The third-order valence-electron chi connectivity index (χ3n) is 8.69. The van der Waals surface area contributed by atoms with Gasteiger partial charge in [-0.3, -0.25) is 8.97 Å². The molecule has 292 valence electrons. The Balaban J connectivity index is 0.0000130. The van der Waals surface area contributed by atoms with Crippen LogP contribution in [0.5, 0.6) is 11.5 Å². The van der Waals surface area contributed by atoms with E-state index < -0.39 is 36.0 Å². The second-order valence-corrected chi connectivity index (χ2v) is 12.8. The molecule has 0 aliphatic rings. The topological polar surface area (TPSA) is 146 Å². The van der Waals surface area contributed by atoms with Gasteiger partial charge in [0.2, 0.25) is 0 Å². The van der Waals surface area contributed by atoms with Crippen molar-refractivity contribution in [3.63, 3.8) is 0 Å². The summed E-state index contributed by atoms with van der Waals surface area (Å²) in [6.07, 6.45) is 0.0569. The van der Waals surface area contributed by atoms with E-state index in [0.717, 1.165) is 11.1 Å². The summed E-state index contributed by atoms with van der Waals surface area (Å²) >= 11 is 12.0. The minimum absolute atomic E-state index is 0. The molecule has 2 amide bonds. The van der Waals surface area contributed by atoms with Crippen molar-refractivity contribution in [2.24, 2.45) is 0 Å². The monoisotopic (exact) mass is 810 g/mol. The van der Waals surface area contributed by atoms with E-state index in [9.17, 15) is 29.4 Å². The predicted octanol–water partition coefficient (Wildman–Crippen LogP) is -1.79. The van der Waals surface area contributed by atoms with Gasteiger partial charge < -0.3 is 54.0 Å². The zero-order chi connectivity index (χ0) is 37.5. The Bertz CT molecular complexity index is 1390. The smallest absolute Gasteiger partial charge is 0.344 e. The number of quaternary nitrogens is 2. The average molecular weight is 813 g/mol. The van der Waals surface area contributed by atoms with Crippen LogP contribution in [0, 0.1) is 13.8 Å². The quantitative estimate of drug-likeness (QED) is 0.0894. The molecule has 0 radical (unpaired) electrons. The number of carbonyl (C=O) groups excluding carboxylic acids is 4. The molecule has 0 saturated carbocycles. The Morgan fingerprint density at radius 1 is 0.654 bits per heavy atom. The molecule has 2 unspecified atom stereocenters. The van der Waals surface area contributed by atoms with Gasteiger partial charge in [0.1, 0.15) is 50.0 Å². The molecule has 2 aromatic rings. The lowest BCUT2D eigenvalue weighted by Crippen LogP contribution is -3.00. The Kier molecular flexibility index (Phi) is 22.3. The molecule has 2 N–H and O–H groups in total. The van der Waals surface area contributed by atoms with Crippen LogP contribution < -0.4 is 34.3 Å². The van der Waals surface area contributed by atoms with Gasteiger partial charge >= 0.3 is 23.8 Å². The molecule has 2 atom stereocenters. The first kappa shape index (κ1) is 49.1. The van der Waals surface area contributed by atoms with E-state index in [2.05, 4.69) is 0 Å². The maximum Gasteiger partial charge on any atom is 0.344 e. The van der Waals surface area contributed by atoms with E-state index in [1.807, 2.05) is 0 Å². The summed E-state index contributed by atoms with van der Waals surface area (Å²) in [6, 6.07) is 9.94. The molecule has 0 spiro atoms. The largest absolute Gasteiger partial charge is 1.00 e. The van der Waals surface area contributed by atoms with Crippen molar-refractivity contribution in [3.05, 3.63) is 69.7 Å². The highest BCUT2D eigenvalue weighted by Crippen LogP contribution is 2.22. The Hall–Kier alpha value is -2.94. The Morgan fingerprint density at radius 3 is 1.27 bits per heavy atom. The molecule has 0 aliphatic heterocycles. The molecular weight excluding hydrogens is 762 g/mol. The van der Waals surface area contributed by atoms with Crippen molar-refractivity contribution >= 4 is 47.0 Å². The molecule has 0 saturated heterocycles. The molecule has 52 heavy (non-hydrogen) atoms. The van der Waals surface area contributed by atoms with Gasteiger partial charge in [0.05, 0.1) is 38.3 Å². The van der Waals surface area contributed by atoms with Crippen LogP contribution in [0.3, 0.4) is 0 Å². The van der Waals surface area contributed by atoms with E-state index in [-0.39, 0.29) is 73.3 Å². The van der Waals surface area contributed by atoms with Gasteiger partial charge in [-0.05, 0) is 89.1 Å². The number of hydrogen-bond donors (Lipinski definition) is 2. The number of ether oxygens (including phenoxy) is 4. The molecule has 2 rings (SSSR count). The standard InChI is InChI=1S/C36H50Cl2N2O10.2ClH/c1-7-39(8-2,19-27(41)21-49-35(45)23-47-29-11-13-31(37)25(5)17-29)33(43)15-16-34(44)40(9-3,10-4)20-28(42)22-50-36(46)24-48-30-12-14-32(38)26(6)18-30;;/h11-18,27-28,41-42H,7-10,19-24H2,1-6H3;2*1H/q+2;;/p-2/b16-15-;;. The number of esters is 2. The van der Waals surface area contributed by atoms with E-state index in [0.29, 0.717) is 47.7 Å². The van der Waals surface area contributed by atoms with Crippen molar-refractivity contribution in [3.8, 4) is 11.5 Å². The number of aliphatic hydroxyl groups is 2. The molecular formula is C36H50Cl4N2O10. The van der Waals surface area contributed by atoms with E-state index in [1.165, 1.54) is 12.2 Å². The number of likely N-dealkylation sites (N-methyl/N-ethyl adjacent to an activating group) is 2. The van der Waals surface area contributed by atoms with Crippen LogP contribution in [0.15, 0.2) is 48.6 Å². The predicted molar refractivity (Wildman–Crippen MR) is 189 cm³/mol. The number of benzene rings is 2. The summed E-state index contributed by atoms with van der Waals surface area (Å²) in [7, 11) is 0. The Labute approximate surface area is 328 Å². The van der Waals surface area contributed by atoms with Crippen LogP contribution in [-0.4, -0.2) is 121 Å². The van der Waals surface area contributed by atoms with Crippen LogP contribution in [-0.2, 0) is 28.7 Å². The average Bonchev–Trinajstić information content (AvgIpc) is 3.10. The van der Waals surface area contributed by atoms with Crippen LogP contribution in [0.4, 0.5) is 0 Å². The van der Waals surface area contributed by atoms with Gasteiger partial charge in [0.25, 0.3) is 0 Å². The fourth-order valence-electron chi connectivity index (χ4n) is 5.30. The van der Waals surface area contributed by atoms with E-state index >= 15 is 0 Å². The maximum atomic E-state index is 13.5. The number of aliphatic hydroxyl groups excluding tert-OH is 2. The number of aryl methyl sites for hydroxylation is 2. The maximum absolute atomic E-state index is 13.5. The van der Waals surface area contributed by atoms with Gasteiger partial charge in [-0.15, -0.1) is 0 Å². The molecule has 2 aromatic carbocycles. The van der Waals surface area contributed by atoms with Gasteiger partial charge in [0, 0.05) is 10.0 Å². The summed E-state index contributed by atoms with van der Waals surface area (Å²) < 4.78 is 20.8. The van der Waals surface area contributed by atoms with Crippen molar-refractivity contribution < 1.29 is 82.1 Å². The third-order valence-corrected chi connectivity index (χ3v) is 9.54. The van der Waals surface area contributed by atoms with Crippen LogP contribution in [0.25, 0.3) is 0 Å². The van der Waals surface area contributed by atoms with Crippen molar-refractivity contribution in [2.75, 3.05) is 65.7 Å². The van der Waals surface area contributed by atoms with Gasteiger partial charge in [-0.25, -0.2) is 19.2 Å². The summed E-state index contributed by atoms with van der Waals surface area (Å²) in [5.74, 6) is -1.31. The summed E-state index contributed by atoms with van der Waals surface area (Å²) in [5, 5.41) is 22.6. The fourth-order valence-corrected chi connectivity index (χ4v) is 5.53. The minimum Gasteiger partial charge on any atom is -1.00 e.